The first-order chi connectivity index (χ1) is 14.1. The van der Waals surface area contributed by atoms with Gasteiger partial charge in [-0.05, 0) is 44.6 Å². The molecule has 0 spiro atoms. The number of amides is 2. The van der Waals surface area contributed by atoms with Gasteiger partial charge in [0.2, 0.25) is 5.91 Å². The molecule has 3 heterocycles. The summed E-state index contributed by atoms with van der Waals surface area (Å²) in [4.78, 5) is 29.7. The standard InChI is InChI=1S/C21H33N5O3/c1-2-25-8-7-19(23-25)21(28)22-14-18-6-5-17(26(18)15-16-3-4-16)13-20(27)24-9-11-29-12-10-24/h7-8,16-18H,2-6,9-15H2,1H3,(H,22,28)/t17-,18+/m1/s1. The van der Waals surface area contributed by atoms with Crippen LogP contribution in [0.5, 0.6) is 0 Å². The molecule has 8 heteroatoms. The summed E-state index contributed by atoms with van der Waals surface area (Å²) < 4.78 is 7.13. The first-order valence-corrected chi connectivity index (χ1v) is 11.1. The molecule has 0 aromatic carbocycles. The second kappa shape index (κ2) is 9.26. The molecule has 1 aromatic rings. The number of likely N-dealkylation sites (tertiary alicyclic amines) is 1. The quantitative estimate of drug-likeness (QED) is 0.704. The molecular formula is C21H33N5O3. The molecule has 1 N–H and O–H groups in total. The van der Waals surface area contributed by atoms with Gasteiger partial charge in [-0.3, -0.25) is 19.2 Å². The maximum Gasteiger partial charge on any atom is 0.271 e. The van der Waals surface area contributed by atoms with Crippen molar-refractivity contribution < 1.29 is 14.3 Å². The molecule has 160 valence electrons. The van der Waals surface area contributed by atoms with Crippen molar-refractivity contribution in [2.24, 2.45) is 5.92 Å². The van der Waals surface area contributed by atoms with Crippen molar-refractivity contribution in [1.82, 2.24) is 24.9 Å². The first kappa shape index (κ1) is 20.3. The van der Waals surface area contributed by atoms with Crippen LogP contribution in [0.25, 0.3) is 0 Å². The zero-order valence-corrected chi connectivity index (χ0v) is 17.4. The monoisotopic (exact) mass is 403 g/mol. The molecule has 0 bridgehead atoms. The fourth-order valence-electron chi connectivity index (χ4n) is 4.45. The summed E-state index contributed by atoms with van der Waals surface area (Å²) in [6.45, 7) is 7.12. The van der Waals surface area contributed by atoms with Gasteiger partial charge in [0.15, 0.2) is 0 Å². The second-order valence-corrected chi connectivity index (χ2v) is 8.49. The minimum absolute atomic E-state index is 0.114. The van der Waals surface area contributed by atoms with E-state index in [0.717, 1.165) is 31.8 Å². The number of morpholine rings is 1. The van der Waals surface area contributed by atoms with E-state index < -0.39 is 0 Å². The lowest BCUT2D eigenvalue weighted by molar-refractivity contribution is -0.136. The van der Waals surface area contributed by atoms with Crippen molar-refractivity contribution in [3.8, 4) is 0 Å². The summed E-state index contributed by atoms with van der Waals surface area (Å²) in [6, 6.07) is 2.35. The van der Waals surface area contributed by atoms with Crippen LogP contribution in [0, 0.1) is 5.92 Å². The summed E-state index contributed by atoms with van der Waals surface area (Å²) in [7, 11) is 0. The zero-order valence-electron chi connectivity index (χ0n) is 17.4. The lowest BCUT2D eigenvalue weighted by Gasteiger charge is -2.33. The van der Waals surface area contributed by atoms with Crippen LogP contribution in [0.15, 0.2) is 12.3 Å². The van der Waals surface area contributed by atoms with E-state index in [1.807, 2.05) is 18.0 Å². The van der Waals surface area contributed by atoms with Crippen molar-refractivity contribution in [2.45, 2.75) is 57.7 Å². The third-order valence-electron chi connectivity index (χ3n) is 6.41. The van der Waals surface area contributed by atoms with Gasteiger partial charge in [0, 0.05) is 57.4 Å². The van der Waals surface area contributed by atoms with Gasteiger partial charge in [-0.25, -0.2) is 0 Å². The van der Waals surface area contributed by atoms with Crippen molar-refractivity contribution in [2.75, 3.05) is 39.4 Å². The molecule has 4 rings (SSSR count). The molecule has 0 radical (unpaired) electrons. The number of carbonyl (C=O) groups is 2. The SMILES string of the molecule is CCn1ccc(C(=O)NC[C@@H]2CC[C@H](CC(=O)N3CCOCC3)N2CC2CC2)n1. The summed E-state index contributed by atoms with van der Waals surface area (Å²) in [5.41, 5.74) is 0.470. The Morgan fingerprint density at radius 2 is 1.93 bits per heavy atom. The van der Waals surface area contributed by atoms with Gasteiger partial charge in [0.1, 0.15) is 5.69 Å². The summed E-state index contributed by atoms with van der Waals surface area (Å²) >= 11 is 0. The summed E-state index contributed by atoms with van der Waals surface area (Å²) in [5.74, 6) is 0.887. The number of hydrogen-bond donors (Lipinski definition) is 1. The van der Waals surface area contributed by atoms with Crippen LogP contribution in [0.4, 0.5) is 0 Å². The minimum atomic E-state index is -0.114. The van der Waals surface area contributed by atoms with Crippen LogP contribution in [0.1, 0.15) is 49.5 Å². The van der Waals surface area contributed by atoms with E-state index in [9.17, 15) is 9.59 Å². The third-order valence-corrected chi connectivity index (χ3v) is 6.41. The largest absolute Gasteiger partial charge is 0.378 e. The Morgan fingerprint density at radius 3 is 2.62 bits per heavy atom. The smallest absolute Gasteiger partial charge is 0.271 e. The normalized spacial score (nSPS) is 25.3. The lowest BCUT2D eigenvalue weighted by atomic mass is 10.1. The van der Waals surface area contributed by atoms with E-state index in [4.69, 9.17) is 4.74 Å². The van der Waals surface area contributed by atoms with Gasteiger partial charge >= 0.3 is 0 Å². The Hall–Kier alpha value is -1.93. The highest BCUT2D eigenvalue weighted by atomic mass is 16.5. The maximum atomic E-state index is 12.8. The van der Waals surface area contributed by atoms with Gasteiger partial charge in [-0.2, -0.15) is 5.10 Å². The highest BCUT2D eigenvalue weighted by molar-refractivity contribution is 5.92. The van der Waals surface area contributed by atoms with Gasteiger partial charge in [-0.1, -0.05) is 0 Å². The van der Waals surface area contributed by atoms with Crippen LogP contribution in [-0.4, -0.2) is 82.9 Å². The predicted octanol–water partition coefficient (Wildman–Crippen LogP) is 1.12. The molecule has 2 aliphatic heterocycles. The number of rotatable bonds is 8. The third kappa shape index (κ3) is 5.17. The van der Waals surface area contributed by atoms with Gasteiger partial charge in [0.25, 0.3) is 5.91 Å². The van der Waals surface area contributed by atoms with Gasteiger partial charge < -0.3 is 15.0 Å². The predicted molar refractivity (Wildman–Crippen MR) is 108 cm³/mol. The fraction of sp³-hybridized carbons (Fsp3) is 0.762. The average Bonchev–Trinajstić information content (AvgIpc) is 3.30. The van der Waals surface area contributed by atoms with E-state index in [1.54, 1.807) is 10.7 Å². The average molecular weight is 404 g/mol. The zero-order chi connectivity index (χ0) is 20.2. The van der Waals surface area contributed by atoms with Crippen LogP contribution in [-0.2, 0) is 16.1 Å². The molecule has 0 unspecified atom stereocenters. The molecule has 3 aliphatic rings. The molecule has 2 atom stereocenters. The van der Waals surface area contributed by atoms with E-state index in [1.165, 1.54) is 12.8 Å². The lowest BCUT2D eigenvalue weighted by Crippen LogP contribution is -2.47. The fourth-order valence-corrected chi connectivity index (χ4v) is 4.45. The van der Waals surface area contributed by atoms with E-state index >= 15 is 0 Å². The summed E-state index contributed by atoms with van der Waals surface area (Å²) in [6.07, 6.45) is 7.03. The van der Waals surface area contributed by atoms with Crippen molar-refractivity contribution in [1.29, 1.82) is 0 Å². The van der Waals surface area contributed by atoms with Crippen LogP contribution < -0.4 is 5.32 Å². The Labute approximate surface area is 172 Å². The Morgan fingerprint density at radius 1 is 1.17 bits per heavy atom. The number of nitrogens with zero attached hydrogens (tertiary/aromatic N) is 4. The first-order valence-electron chi connectivity index (χ1n) is 11.1. The highest BCUT2D eigenvalue weighted by Gasteiger charge is 2.38. The van der Waals surface area contributed by atoms with Gasteiger partial charge in [0.05, 0.1) is 13.2 Å². The number of nitrogens with one attached hydrogen (secondary N) is 1. The van der Waals surface area contributed by atoms with E-state index in [0.29, 0.717) is 51.0 Å². The van der Waals surface area contributed by atoms with Crippen LogP contribution >= 0.6 is 0 Å². The molecule has 1 aromatic heterocycles. The number of hydrogen-bond acceptors (Lipinski definition) is 5. The number of carbonyl (C=O) groups excluding carboxylic acids is 2. The van der Waals surface area contributed by atoms with Crippen LogP contribution in [0.3, 0.4) is 0 Å². The molecule has 2 amide bonds. The van der Waals surface area contributed by atoms with Crippen molar-refractivity contribution in [3.05, 3.63) is 18.0 Å². The maximum absolute atomic E-state index is 12.8. The summed E-state index contributed by atoms with van der Waals surface area (Å²) in [5, 5.41) is 7.36. The Kier molecular flexibility index (Phi) is 6.50. The minimum Gasteiger partial charge on any atom is -0.378 e. The molecular weight excluding hydrogens is 370 g/mol. The molecule has 8 nitrogen and oxygen atoms in total. The Balaban J connectivity index is 1.32. The van der Waals surface area contributed by atoms with Crippen LogP contribution in [0.2, 0.25) is 0 Å². The topological polar surface area (TPSA) is 79.7 Å². The number of aryl methyl sites for hydroxylation is 1. The molecule has 1 aliphatic carbocycles. The van der Waals surface area contributed by atoms with Crippen molar-refractivity contribution in [3.63, 3.8) is 0 Å². The molecule has 2 saturated heterocycles. The van der Waals surface area contributed by atoms with Gasteiger partial charge in [-0.15, -0.1) is 0 Å². The molecule has 3 fully saturated rings. The second-order valence-electron chi connectivity index (χ2n) is 8.49. The molecule has 29 heavy (non-hydrogen) atoms. The van der Waals surface area contributed by atoms with E-state index in [-0.39, 0.29) is 17.9 Å². The number of ether oxygens (including phenoxy) is 1. The van der Waals surface area contributed by atoms with E-state index in [2.05, 4.69) is 15.3 Å². The highest BCUT2D eigenvalue weighted by Crippen LogP contribution is 2.35. The number of aromatic nitrogens is 2. The Bertz CT molecular complexity index is 711. The van der Waals surface area contributed by atoms with Crippen molar-refractivity contribution >= 4 is 11.8 Å². The molecule has 1 saturated carbocycles.